The molecule has 9 heteroatoms. The van der Waals surface area contributed by atoms with Gasteiger partial charge in [0.2, 0.25) is 0 Å². The minimum Gasteiger partial charge on any atom is -0.200 e. The van der Waals surface area contributed by atoms with Crippen molar-refractivity contribution in [2.24, 2.45) is 0 Å². The number of hydrogen-bond acceptors (Lipinski definition) is 4. The molecule has 2 rings (SSSR count). The van der Waals surface area contributed by atoms with Crippen LogP contribution in [0.3, 0.4) is 0 Å². The fourth-order valence-electron chi connectivity index (χ4n) is 1.35. The van der Waals surface area contributed by atoms with Crippen molar-refractivity contribution in [1.82, 2.24) is 20.0 Å². The van der Waals surface area contributed by atoms with Crippen LogP contribution in [-0.4, -0.2) is 20.0 Å². The lowest BCUT2D eigenvalue weighted by Crippen LogP contribution is -2.09. The molecule has 2 aromatic heterocycles. The molecule has 5 nitrogen and oxygen atoms in total. The van der Waals surface area contributed by atoms with Crippen molar-refractivity contribution in [3.05, 3.63) is 34.2 Å². The van der Waals surface area contributed by atoms with E-state index in [9.17, 15) is 13.2 Å². The Kier molecular flexibility index (Phi) is 3.16. The Morgan fingerprint density at radius 1 is 1.32 bits per heavy atom. The Bertz CT molecular complexity index is 654. The first kappa shape index (κ1) is 13.3. The predicted molar refractivity (Wildman–Crippen MR) is 58.6 cm³/mol. The smallest absolute Gasteiger partial charge is 0.200 e. The third-order valence-electron chi connectivity index (χ3n) is 2.21. The number of nitriles is 1. The van der Waals surface area contributed by atoms with Gasteiger partial charge in [-0.15, -0.1) is 5.10 Å². The first-order chi connectivity index (χ1) is 8.84. The van der Waals surface area contributed by atoms with Gasteiger partial charge in [0.1, 0.15) is 11.6 Å². The van der Waals surface area contributed by atoms with E-state index in [-0.39, 0.29) is 5.82 Å². The van der Waals surface area contributed by atoms with Gasteiger partial charge in [-0.05, 0) is 19.1 Å². The first-order valence-corrected chi connectivity index (χ1v) is 5.29. The Balaban J connectivity index is 2.64. The molecule has 0 aromatic carbocycles. The Hall–Kier alpha value is -2.14. The molecule has 2 heterocycles. The summed E-state index contributed by atoms with van der Waals surface area (Å²) in [5, 5.41) is 18.9. The lowest BCUT2D eigenvalue weighted by Gasteiger charge is -2.02. The molecule has 98 valence electrons. The van der Waals surface area contributed by atoms with Crippen LogP contribution in [0.4, 0.5) is 13.2 Å². The van der Waals surface area contributed by atoms with Gasteiger partial charge in [-0.25, -0.2) is 4.68 Å². The van der Waals surface area contributed by atoms with E-state index in [0.29, 0.717) is 5.69 Å². The van der Waals surface area contributed by atoms with Crippen LogP contribution in [0.15, 0.2) is 12.1 Å². The molecule has 0 aliphatic rings. The summed E-state index contributed by atoms with van der Waals surface area (Å²) in [4.78, 5) is 0. The van der Waals surface area contributed by atoms with Crippen molar-refractivity contribution in [2.45, 2.75) is 13.1 Å². The zero-order chi connectivity index (χ0) is 14.2. The van der Waals surface area contributed by atoms with E-state index in [4.69, 9.17) is 16.9 Å². The van der Waals surface area contributed by atoms with Gasteiger partial charge < -0.3 is 0 Å². The lowest BCUT2D eigenvalue weighted by molar-refractivity contribution is -0.141. The second kappa shape index (κ2) is 4.51. The van der Waals surface area contributed by atoms with E-state index in [1.807, 2.05) is 0 Å². The van der Waals surface area contributed by atoms with Crippen LogP contribution >= 0.6 is 11.6 Å². The molecule has 0 bridgehead atoms. The maximum absolute atomic E-state index is 12.7. The normalized spacial score (nSPS) is 11.4. The van der Waals surface area contributed by atoms with Gasteiger partial charge in [0.25, 0.3) is 0 Å². The minimum absolute atomic E-state index is 0.00241. The molecular weight excluding hydrogens is 283 g/mol. The Labute approximate surface area is 110 Å². The van der Waals surface area contributed by atoms with E-state index < -0.39 is 22.6 Å². The summed E-state index contributed by atoms with van der Waals surface area (Å²) in [6.07, 6.45) is -4.77. The van der Waals surface area contributed by atoms with Crippen LogP contribution in [0.2, 0.25) is 5.15 Å². The Morgan fingerprint density at radius 3 is 2.42 bits per heavy atom. The molecule has 0 saturated carbocycles. The topological polar surface area (TPSA) is 67.4 Å². The number of aryl methyl sites for hydroxylation is 1. The highest BCUT2D eigenvalue weighted by atomic mass is 35.5. The van der Waals surface area contributed by atoms with Crippen LogP contribution < -0.4 is 0 Å². The highest BCUT2D eigenvalue weighted by molar-refractivity contribution is 6.31. The zero-order valence-corrected chi connectivity index (χ0v) is 10.2. The largest absolute Gasteiger partial charge is 0.436 e. The van der Waals surface area contributed by atoms with Gasteiger partial charge >= 0.3 is 6.18 Å². The average Bonchev–Trinajstić information content (AvgIpc) is 2.67. The van der Waals surface area contributed by atoms with Gasteiger partial charge in [-0.1, -0.05) is 11.6 Å². The maximum Gasteiger partial charge on any atom is 0.436 e. The molecule has 0 amide bonds. The average molecular weight is 288 g/mol. The summed E-state index contributed by atoms with van der Waals surface area (Å²) in [6, 6.07) is 4.34. The van der Waals surface area contributed by atoms with E-state index in [1.54, 1.807) is 13.0 Å². The number of nitrogens with zero attached hydrogens (tertiary/aromatic N) is 5. The number of hydrogen-bond donors (Lipinski definition) is 0. The summed E-state index contributed by atoms with van der Waals surface area (Å²) >= 11 is 5.72. The minimum atomic E-state index is -4.77. The fourth-order valence-corrected chi connectivity index (χ4v) is 1.61. The molecule has 0 aliphatic heterocycles. The quantitative estimate of drug-likeness (QED) is 0.808. The molecular formula is C10H5ClF3N5. The molecule has 0 atom stereocenters. The highest BCUT2D eigenvalue weighted by Gasteiger charge is 2.39. The number of rotatable bonds is 1. The molecule has 0 radical (unpaired) electrons. The summed E-state index contributed by atoms with van der Waals surface area (Å²) in [7, 11) is 0. The molecule has 0 aliphatic carbocycles. The van der Waals surface area contributed by atoms with Crippen LogP contribution in [0.5, 0.6) is 0 Å². The van der Waals surface area contributed by atoms with Crippen LogP contribution in [0.1, 0.15) is 17.0 Å². The van der Waals surface area contributed by atoms with Crippen molar-refractivity contribution in [1.29, 1.82) is 5.26 Å². The summed E-state index contributed by atoms with van der Waals surface area (Å²) in [6.45, 7) is 1.67. The standard InChI is InChI=1S/C10H5ClF3N5/c1-5-2-3-7(17-16-5)19-9(11)6(4-15)8(18-19)10(12,13)14/h2-3H,1H3. The first-order valence-electron chi connectivity index (χ1n) is 4.91. The molecule has 2 aromatic rings. The van der Waals surface area contributed by atoms with Gasteiger partial charge in [0, 0.05) is 0 Å². The highest BCUT2D eigenvalue weighted by Crippen LogP contribution is 2.34. The third kappa shape index (κ3) is 2.37. The van der Waals surface area contributed by atoms with Crippen LogP contribution in [0.25, 0.3) is 5.82 Å². The zero-order valence-electron chi connectivity index (χ0n) is 9.40. The van der Waals surface area contributed by atoms with Crippen molar-refractivity contribution in [2.75, 3.05) is 0 Å². The van der Waals surface area contributed by atoms with E-state index in [0.717, 1.165) is 4.68 Å². The van der Waals surface area contributed by atoms with Crippen molar-refractivity contribution in [3.8, 4) is 11.9 Å². The summed E-state index contributed by atoms with van der Waals surface area (Å²) in [5.41, 5.74) is -1.50. The monoisotopic (exact) mass is 287 g/mol. The number of halogens is 4. The summed E-state index contributed by atoms with van der Waals surface area (Å²) in [5.74, 6) is 0.00241. The van der Waals surface area contributed by atoms with Gasteiger partial charge in [-0.3, -0.25) is 0 Å². The lowest BCUT2D eigenvalue weighted by atomic mass is 10.2. The van der Waals surface area contributed by atoms with Gasteiger partial charge in [-0.2, -0.15) is 28.6 Å². The van der Waals surface area contributed by atoms with Crippen LogP contribution in [0, 0.1) is 18.3 Å². The van der Waals surface area contributed by atoms with Crippen molar-refractivity contribution >= 4 is 11.6 Å². The maximum atomic E-state index is 12.7. The second-order valence-electron chi connectivity index (χ2n) is 3.57. The van der Waals surface area contributed by atoms with Crippen molar-refractivity contribution < 1.29 is 13.2 Å². The predicted octanol–water partition coefficient (Wildman–Crippen LogP) is 2.51. The van der Waals surface area contributed by atoms with Crippen LogP contribution in [-0.2, 0) is 6.18 Å². The second-order valence-corrected chi connectivity index (χ2v) is 3.93. The molecule has 0 saturated heterocycles. The van der Waals surface area contributed by atoms with E-state index >= 15 is 0 Å². The third-order valence-corrected chi connectivity index (χ3v) is 2.56. The SMILES string of the molecule is Cc1ccc(-n2nc(C(F)(F)F)c(C#N)c2Cl)nn1. The van der Waals surface area contributed by atoms with Gasteiger partial charge in [0.05, 0.1) is 5.69 Å². The van der Waals surface area contributed by atoms with Crippen molar-refractivity contribution in [3.63, 3.8) is 0 Å². The number of alkyl halides is 3. The van der Waals surface area contributed by atoms with E-state index in [1.165, 1.54) is 12.1 Å². The molecule has 0 fully saturated rings. The summed E-state index contributed by atoms with van der Waals surface area (Å²) < 4.78 is 38.8. The number of aromatic nitrogens is 4. The Morgan fingerprint density at radius 2 is 2.00 bits per heavy atom. The molecule has 0 spiro atoms. The van der Waals surface area contributed by atoms with Gasteiger partial charge in [0.15, 0.2) is 16.7 Å². The molecule has 19 heavy (non-hydrogen) atoms. The molecule has 0 N–H and O–H groups in total. The van der Waals surface area contributed by atoms with E-state index in [2.05, 4.69) is 15.3 Å². The fraction of sp³-hybridized carbons (Fsp3) is 0.200. The molecule has 0 unspecified atom stereocenters.